The van der Waals surface area contributed by atoms with Gasteiger partial charge in [-0.15, -0.1) is 0 Å². The lowest BCUT2D eigenvalue weighted by Crippen LogP contribution is -2.30. The fraction of sp³-hybridized carbons (Fsp3) is 0.467. The molecule has 3 nitrogen and oxygen atoms in total. The van der Waals surface area contributed by atoms with E-state index >= 15 is 0 Å². The maximum atomic E-state index is 12.1. The van der Waals surface area contributed by atoms with Crippen LogP contribution in [-0.4, -0.2) is 17.9 Å². The zero-order chi connectivity index (χ0) is 13.1. The van der Waals surface area contributed by atoms with E-state index in [4.69, 9.17) is 4.74 Å². The minimum atomic E-state index is -0.536. The van der Waals surface area contributed by atoms with Crippen LogP contribution >= 0.6 is 0 Å². The molecule has 1 aliphatic rings. The van der Waals surface area contributed by atoms with E-state index in [1.54, 1.807) is 0 Å². The second kappa shape index (κ2) is 5.34. The van der Waals surface area contributed by atoms with Gasteiger partial charge in [0.2, 0.25) is 0 Å². The summed E-state index contributed by atoms with van der Waals surface area (Å²) >= 11 is 0. The summed E-state index contributed by atoms with van der Waals surface area (Å²) in [7, 11) is 0. The van der Waals surface area contributed by atoms with E-state index in [1.165, 1.54) is 0 Å². The molecule has 0 radical (unpaired) electrons. The standard InChI is InChI=1S/C15H18O3/c1-10-7-8-11(2)12(9-10)15(17)18-14-6-4-3-5-13(14)16/h7-9,14H,3-6H2,1-2H3. The summed E-state index contributed by atoms with van der Waals surface area (Å²) in [6.45, 7) is 3.81. The van der Waals surface area contributed by atoms with E-state index in [2.05, 4.69) is 0 Å². The number of hydrogen-bond donors (Lipinski definition) is 0. The highest BCUT2D eigenvalue weighted by Gasteiger charge is 2.26. The van der Waals surface area contributed by atoms with Crippen molar-refractivity contribution in [3.63, 3.8) is 0 Å². The smallest absolute Gasteiger partial charge is 0.339 e. The topological polar surface area (TPSA) is 43.4 Å². The van der Waals surface area contributed by atoms with Gasteiger partial charge in [0.25, 0.3) is 0 Å². The summed E-state index contributed by atoms with van der Waals surface area (Å²) in [6, 6.07) is 5.66. The lowest BCUT2D eigenvalue weighted by molar-refractivity contribution is -0.129. The predicted molar refractivity (Wildman–Crippen MR) is 68.6 cm³/mol. The predicted octanol–water partition coefficient (Wildman–Crippen LogP) is 2.97. The van der Waals surface area contributed by atoms with Crippen LogP contribution in [0, 0.1) is 13.8 Å². The molecule has 18 heavy (non-hydrogen) atoms. The van der Waals surface area contributed by atoms with Crippen LogP contribution in [0.4, 0.5) is 0 Å². The van der Waals surface area contributed by atoms with Gasteiger partial charge in [0.1, 0.15) is 0 Å². The first-order valence-corrected chi connectivity index (χ1v) is 6.39. The zero-order valence-corrected chi connectivity index (χ0v) is 10.9. The molecule has 0 aliphatic heterocycles. The summed E-state index contributed by atoms with van der Waals surface area (Å²) in [5.41, 5.74) is 2.46. The quantitative estimate of drug-likeness (QED) is 0.753. The molecule has 0 aromatic heterocycles. The molecule has 1 aromatic carbocycles. The van der Waals surface area contributed by atoms with Gasteiger partial charge in [0.05, 0.1) is 5.56 Å². The second-order valence-corrected chi connectivity index (χ2v) is 4.92. The third-order valence-corrected chi connectivity index (χ3v) is 3.36. The Morgan fingerprint density at radius 2 is 2.06 bits per heavy atom. The van der Waals surface area contributed by atoms with Crippen LogP contribution in [0.25, 0.3) is 0 Å². The van der Waals surface area contributed by atoms with Crippen molar-refractivity contribution in [3.05, 3.63) is 34.9 Å². The Morgan fingerprint density at radius 3 is 2.78 bits per heavy atom. The molecular weight excluding hydrogens is 228 g/mol. The SMILES string of the molecule is Cc1ccc(C)c(C(=O)OC2CCCCC2=O)c1. The lowest BCUT2D eigenvalue weighted by Gasteiger charge is -2.21. The third kappa shape index (κ3) is 2.78. The Balaban J connectivity index is 2.11. The largest absolute Gasteiger partial charge is 0.451 e. The van der Waals surface area contributed by atoms with E-state index in [1.807, 2.05) is 32.0 Å². The van der Waals surface area contributed by atoms with Crippen LogP contribution in [-0.2, 0) is 9.53 Å². The number of carbonyl (C=O) groups excluding carboxylic acids is 2. The highest BCUT2D eigenvalue weighted by atomic mass is 16.5. The third-order valence-electron chi connectivity index (χ3n) is 3.36. The van der Waals surface area contributed by atoms with E-state index in [9.17, 15) is 9.59 Å². The molecule has 0 bridgehead atoms. The number of carbonyl (C=O) groups is 2. The summed E-state index contributed by atoms with van der Waals surface area (Å²) < 4.78 is 5.34. The molecule has 1 atom stereocenters. The average Bonchev–Trinajstić information content (AvgIpc) is 2.35. The first-order valence-electron chi connectivity index (χ1n) is 6.39. The van der Waals surface area contributed by atoms with Gasteiger partial charge in [-0.05, 0) is 44.7 Å². The van der Waals surface area contributed by atoms with Gasteiger partial charge in [0, 0.05) is 6.42 Å². The van der Waals surface area contributed by atoms with Crippen molar-refractivity contribution in [1.29, 1.82) is 0 Å². The molecule has 96 valence electrons. The molecule has 1 aliphatic carbocycles. The zero-order valence-electron chi connectivity index (χ0n) is 10.9. The summed E-state index contributed by atoms with van der Waals surface area (Å²) in [6.07, 6.45) is 2.53. The maximum Gasteiger partial charge on any atom is 0.339 e. The van der Waals surface area contributed by atoms with Gasteiger partial charge in [-0.1, -0.05) is 17.7 Å². The molecule has 0 spiro atoms. The van der Waals surface area contributed by atoms with Crippen LogP contribution < -0.4 is 0 Å². The first-order chi connectivity index (χ1) is 8.58. The van der Waals surface area contributed by atoms with Gasteiger partial charge < -0.3 is 4.74 Å². The number of aryl methyl sites for hydroxylation is 2. The molecule has 0 N–H and O–H groups in total. The molecule has 2 rings (SSSR count). The van der Waals surface area contributed by atoms with E-state index in [-0.39, 0.29) is 11.8 Å². The number of hydrogen-bond acceptors (Lipinski definition) is 3. The monoisotopic (exact) mass is 246 g/mol. The highest BCUT2D eigenvalue weighted by Crippen LogP contribution is 2.20. The van der Waals surface area contributed by atoms with Gasteiger partial charge >= 0.3 is 5.97 Å². The van der Waals surface area contributed by atoms with Crippen molar-refractivity contribution >= 4 is 11.8 Å². The normalized spacial score (nSPS) is 19.7. The number of esters is 1. The minimum absolute atomic E-state index is 0.0555. The van der Waals surface area contributed by atoms with Gasteiger partial charge in [-0.3, -0.25) is 4.79 Å². The van der Waals surface area contributed by atoms with Crippen molar-refractivity contribution in [1.82, 2.24) is 0 Å². The molecule has 0 amide bonds. The van der Waals surface area contributed by atoms with E-state index < -0.39 is 6.10 Å². The number of Topliss-reactive ketones (excluding diaryl/α,β-unsaturated/α-hetero) is 1. The van der Waals surface area contributed by atoms with Gasteiger partial charge in [-0.25, -0.2) is 4.79 Å². The van der Waals surface area contributed by atoms with E-state index in [0.29, 0.717) is 18.4 Å². The Kier molecular flexibility index (Phi) is 3.80. The highest BCUT2D eigenvalue weighted by molar-refractivity contribution is 5.94. The maximum absolute atomic E-state index is 12.1. The Morgan fingerprint density at radius 1 is 1.28 bits per heavy atom. The minimum Gasteiger partial charge on any atom is -0.451 e. The molecule has 0 saturated heterocycles. The summed E-state index contributed by atoms with van der Waals surface area (Å²) in [5.74, 6) is -0.323. The first kappa shape index (κ1) is 12.8. The van der Waals surface area contributed by atoms with Crippen LogP contribution in [0.1, 0.15) is 47.2 Å². The van der Waals surface area contributed by atoms with Crippen molar-refractivity contribution < 1.29 is 14.3 Å². The molecule has 1 unspecified atom stereocenters. The van der Waals surface area contributed by atoms with Gasteiger partial charge in [-0.2, -0.15) is 0 Å². The fourth-order valence-electron chi connectivity index (χ4n) is 2.22. The summed E-state index contributed by atoms with van der Waals surface area (Å²) in [4.78, 5) is 23.7. The van der Waals surface area contributed by atoms with Gasteiger partial charge in [0.15, 0.2) is 11.9 Å². The summed E-state index contributed by atoms with van der Waals surface area (Å²) in [5, 5.41) is 0. The Labute approximate surface area is 107 Å². The molecule has 1 saturated carbocycles. The van der Waals surface area contributed by atoms with Crippen LogP contribution in [0.5, 0.6) is 0 Å². The lowest BCUT2D eigenvalue weighted by atomic mass is 9.96. The second-order valence-electron chi connectivity index (χ2n) is 4.92. The molecule has 0 heterocycles. The molecular formula is C15H18O3. The van der Waals surface area contributed by atoms with Crippen LogP contribution in [0.3, 0.4) is 0 Å². The van der Waals surface area contributed by atoms with Crippen molar-refractivity contribution in [2.45, 2.75) is 45.6 Å². The Hall–Kier alpha value is -1.64. The average molecular weight is 246 g/mol. The number of ketones is 1. The number of benzene rings is 1. The van der Waals surface area contributed by atoms with Crippen LogP contribution in [0.2, 0.25) is 0 Å². The van der Waals surface area contributed by atoms with Crippen molar-refractivity contribution in [2.75, 3.05) is 0 Å². The van der Waals surface area contributed by atoms with Crippen LogP contribution in [0.15, 0.2) is 18.2 Å². The number of ether oxygens (including phenoxy) is 1. The van der Waals surface area contributed by atoms with E-state index in [0.717, 1.165) is 24.0 Å². The van der Waals surface area contributed by atoms with Crippen molar-refractivity contribution in [2.24, 2.45) is 0 Å². The molecule has 1 aromatic rings. The fourth-order valence-corrected chi connectivity index (χ4v) is 2.22. The van der Waals surface area contributed by atoms with Crippen molar-refractivity contribution in [3.8, 4) is 0 Å². The Bertz CT molecular complexity index is 477. The number of rotatable bonds is 2. The molecule has 3 heteroatoms. The molecule has 1 fully saturated rings.